The topological polar surface area (TPSA) is 88.5 Å². The van der Waals surface area contributed by atoms with E-state index in [1.165, 1.54) is 16.6 Å². The maximum Gasteiger partial charge on any atom is 0.416 e. The van der Waals surface area contributed by atoms with Crippen LogP contribution in [0.4, 0.5) is 13.2 Å². The van der Waals surface area contributed by atoms with E-state index in [2.05, 4.69) is 15.6 Å². The molecule has 0 bridgehead atoms. The maximum atomic E-state index is 12.5. The number of rotatable bonds is 5. The van der Waals surface area contributed by atoms with Crippen LogP contribution in [0.15, 0.2) is 41.3 Å². The molecular weight excluding hydrogens is 365 g/mol. The van der Waals surface area contributed by atoms with E-state index in [4.69, 9.17) is 4.84 Å². The predicted molar refractivity (Wildman–Crippen MR) is 88.6 cm³/mol. The number of carbonyl (C=O) groups excluding carboxylic acids is 1. The summed E-state index contributed by atoms with van der Waals surface area (Å²) in [5, 5.41) is 2.71. The van der Waals surface area contributed by atoms with Crippen molar-refractivity contribution < 1.29 is 22.8 Å². The Balaban J connectivity index is 1.58. The molecule has 2 aromatic heterocycles. The van der Waals surface area contributed by atoms with Crippen LogP contribution in [-0.4, -0.2) is 20.5 Å². The van der Waals surface area contributed by atoms with E-state index in [0.29, 0.717) is 16.9 Å². The average molecular weight is 380 g/mol. The van der Waals surface area contributed by atoms with Crippen molar-refractivity contribution >= 4 is 11.6 Å². The lowest BCUT2D eigenvalue weighted by atomic mass is 10.1. The Bertz CT molecular complexity index is 1020. The average Bonchev–Trinajstić information content (AvgIpc) is 3.07. The molecule has 0 saturated carbocycles. The number of nitrogens with one attached hydrogen (secondary N) is 2. The fraction of sp³-hybridized carbons (Fsp3) is 0.235. The Morgan fingerprint density at radius 1 is 1.26 bits per heavy atom. The van der Waals surface area contributed by atoms with Crippen molar-refractivity contribution in [1.29, 1.82) is 0 Å². The number of halogens is 3. The molecule has 0 spiro atoms. The number of aromatic amines is 1. The maximum absolute atomic E-state index is 12.5. The van der Waals surface area contributed by atoms with Gasteiger partial charge in [-0.3, -0.25) is 19.5 Å². The highest BCUT2D eigenvalue weighted by atomic mass is 19.4. The van der Waals surface area contributed by atoms with E-state index in [1.54, 1.807) is 19.2 Å². The second-order valence-corrected chi connectivity index (χ2v) is 5.82. The molecule has 3 rings (SSSR count). The minimum atomic E-state index is -4.41. The Hall–Kier alpha value is -3.14. The minimum Gasteiger partial charge on any atom is -0.297 e. The number of carbonyl (C=O) groups is 1. The van der Waals surface area contributed by atoms with Crippen molar-refractivity contribution in [2.75, 3.05) is 0 Å². The fourth-order valence-corrected chi connectivity index (χ4v) is 2.50. The van der Waals surface area contributed by atoms with Gasteiger partial charge in [-0.1, -0.05) is 12.1 Å². The first-order valence-electron chi connectivity index (χ1n) is 7.88. The zero-order chi connectivity index (χ0) is 19.6. The van der Waals surface area contributed by atoms with Gasteiger partial charge in [0.1, 0.15) is 0 Å². The van der Waals surface area contributed by atoms with Crippen LogP contribution >= 0.6 is 0 Å². The Kier molecular flexibility index (Phi) is 5.00. The zero-order valence-corrected chi connectivity index (χ0v) is 14.1. The first-order chi connectivity index (χ1) is 12.8. The minimum absolute atomic E-state index is 0.115. The molecule has 0 unspecified atom stereocenters. The molecule has 0 aliphatic heterocycles. The van der Waals surface area contributed by atoms with Crippen LogP contribution in [0.3, 0.4) is 0 Å². The summed E-state index contributed by atoms with van der Waals surface area (Å²) in [4.78, 5) is 33.6. The molecule has 0 fully saturated rings. The lowest BCUT2D eigenvalue weighted by Crippen LogP contribution is -2.30. The van der Waals surface area contributed by atoms with E-state index in [1.807, 2.05) is 0 Å². The second-order valence-electron chi connectivity index (χ2n) is 5.82. The van der Waals surface area contributed by atoms with E-state index in [-0.39, 0.29) is 24.2 Å². The Morgan fingerprint density at radius 2 is 1.96 bits per heavy atom. The Morgan fingerprint density at radius 3 is 2.63 bits per heavy atom. The zero-order valence-electron chi connectivity index (χ0n) is 14.1. The number of aryl methyl sites for hydroxylation is 1. The third-order valence-electron chi connectivity index (χ3n) is 3.89. The van der Waals surface area contributed by atoms with Gasteiger partial charge in [-0.2, -0.15) is 13.2 Å². The molecule has 7 nitrogen and oxygen atoms in total. The number of nitrogens with zero attached hydrogens (tertiary/aromatic N) is 2. The number of amides is 1. The number of aromatic nitrogens is 3. The van der Waals surface area contributed by atoms with E-state index in [9.17, 15) is 22.8 Å². The molecule has 0 atom stereocenters. The highest BCUT2D eigenvalue weighted by Crippen LogP contribution is 2.29. The van der Waals surface area contributed by atoms with Gasteiger partial charge in [-0.25, -0.2) is 15.0 Å². The third-order valence-corrected chi connectivity index (χ3v) is 3.89. The molecule has 0 radical (unpaired) electrons. The summed E-state index contributed by atoms with van der Waals surface area (Å²) in [6.07, 6.45) is -3.10. The quantitative estimate of drug-likeness (QED) is 0.664. The van der Waals surface area contributed by atoms with Gasteiger partial charge in [0, 0.05) is 23.5 Å². The lowest BCUT2D eigenvalue weighted by Gasteiger charge is -2.09. The van der Waals surface area contributed by atoms with Gasteiger partial charge in [0.05, 0.1) is 18.6 Å². The van der Waals surface area contributed by atoms with E-state index < -0.39 is 17.6 Å². The van der Waals surface area contributed by atoms with Crippen LogP contribution in [0.25, 0.3) is 5.65 Å². The molecule has 0 aliphatic carbocycles. The van der Waals surface area contributed by atoms with Crippen LogP contribution < -0.4 is 11.0 Å². The summed E-state index contributed by atoms with van der Waals surface area (Å²) < 4.78 is 38.7. The molecule has 2 N–H and O–H groups in total. The van der Waals surface area contributed by atoms with Crippen LogP contribution in [0.5, 0.6) is 0 Å². The highest BCUT2D eigenvalue weighted by Gasteiger charge is 2.29. The SMILES string of the molecule is Cc1nc2cc[nH]n2c(=O)c1CC(=O)NOCc1ccc(C(F)(F)F)cc1. The first-order valence-corrected chi connectivity index (χ1v) is 7.88. The van der Waals surface area contributed by atoms with Crippen LogP contribution in [0.1, 0.15) is 22.4 Å². The number of hydrogen-bond donors (Lipinski definition) is 2. The molecule has 1 aromatic carbocycles. The molecule has 142 valence electrons. The van der Waals surface area contributed by atoms with Gasteiger partial charge in [0.25, 0.3) is 5.56 Å². The smallest absolute Gasteiger partial charge is 0.297 e. The largest absolute Gasteiger partial charge is 0.416 e. The molecule has 1 amide bonds. The Labute approximate surface area is 150 Å². The summed E-state index contributed by atoms with van der Waals surface area (Å²) in [5.41, 5.74) is 2.56. The van der Waals surface area contributed by atoms with Crippen molar-refractivity contribution in [3.05, 3.63) is 69.3 Å². The van der Waals surface area contributed by atoms with Gasteiger partial charge in [0.2, 0.25) is 5.91 Å². The number of alkyl halides is 3. The van der Waals surface area contributed by atoms with Gasteiger partial charge in [-0.15, -0.1) is 0 Å². The third kappa shape index (κ3) is 4.17. The van der Waals surface area contributed by atoms with Gasteiger partial charge < -0.3 is 0 Å². The van der Waals surface area contributed by atoms with Crippen LogP contribution in [-0.2, 0) is 28.8 Å². The molecule has 27 heavy (non-hydrogen) atoms. The van der Waals surface area contributed by atoms with E-state index in [0.717, 1.165) is 12.1 Å². The number of hydroxylamine groups is 1. The summed E-state index contributed by atoms with van der Waals surface area (Å²) in [6, 6.07) is 6.01. The second kappa shape index (κ2) is 7.23. The fourth-order valence-electron chi connectivity index (χ4n) is 2.50. The molecule has 3 aromatic rings. The van der Waals surface area contributed by atoms with Gasteiger partial charge >= 0.3 is 6.18 Å². The number of fused-ring (bicyclic) bond motifs is 1. The van der Waals surface area contributed by atoms with Crippen molar-refractivity contribution in [1.82, 2.24) is 20.1 Å². The van der Waals surface area contributed by atoms with Crippen molar-refractivity contribution in [3.8, 4) is 0 Å². The lowest BCUT2D eigenvalue weighted by molar-refractivity contribution is -0.137. The normalized spacial score (nSPS) is 11.7. The molecule has 2 heterocycles. The monoisotopic (exact) mass is 380 g/mol. The van der Waals surface area contributed by atoms with E-state index >= 15 is 0 Å². The summed E-state index contributed by atoms with van der Waals surface area (Å²) in [6.45, 7) is 1.51. The first kappa shape index (κ1) is 18.6. The highest BCUT2D eigenvalue weighted by molar-refractivity contribution is 5.77. The van der Waals surface area contributed by atoms with Crippen LogP contribution in [0, 0.1) is 6.92 Å². The molecule has 0 aliphatic rings. The molecular formula is C17H15F3N4O3. The number of H-pyrrole nitrogens is 1. The predicted octanol–water partition coefficient (Wildman–Crippen LogP) is 2.14. The summed E-state index contributed by atoms with van der Waals surface area (Å²) >= 11 is 0. The number of hydrogen-bond acceptors (Lipinski definition) is 4. The molecule has 0 saturated heterocycles. The standard InChI is InChI=1S/C17H15F3N4O3/c1-10-13(16(26)24-14(22-10)6-7-21-24)8-15(25)23-27-9-11-2-4-12(5-3-11)17(18,19)20/h2-7,21H,8-9H2,1H3,(H,23,25). The van der Waals surface area contributed by atoms with Gasteiger partial charge in [0.15, 0.2) is 5.65 Å². The molecule has 10 heteroatoms. The van der Waals surface area contributed by atoms with Crippen molar-refractivity contribution in [3.63, 3.8) is 0 Å². The van der Waals surface area contributed by atoms with Crippen molar-refractivity contribution in [2.24, 2.45) is 0 Å². The van der Waals surface area contributed by atoms with Gasteiger partial charge in [-0.05, 0) is 24.6 Å². The summed E-state index contributed by atoms with van der Waals surface area (Å²) in [5.74, 6) is -0.574. The van der Waals surface area contributed by atoms with Crippen LogP contribution in [0.2, 0.25) is 0 Å². The van der Waals surface area contributed by atoms with Crippen molar-refractivity contribution in [2.45, 2.75) is 26.1 Å². The summed E-state index contributed by atoms with van der Waals surface area (Å²) in [7, 11) is 0. The number of benzene rings is 1.